The van der Waals surface area contributed by atoms with E-state index in [-0.39, 0.29) is 5.91 Å². The van der Waals surface area contributed by atoms with Gasteiger partial charge in [-0.05, 0) is 19.3 Å². The Kier molecular flexibility index (Phi) is 5.63. The highest BCUT2D eigenvalue weighted by Crippen LogP contribution is 2.27. The molecule has 7 heteroatoms. The highest BCUT2D eigenvalue weighted by Gasteiger charge is 2.26. The van der Waals surface area contributed by atoms with Crippen molar-refractivity contribution in [3.05, 3.63) is 42.5 Å². The predicted octanol–water partition coefficient (Wildman–Crippen LogP) is 2.12. The summed E-state index contributed by atoms with van der Waals surface area (Å²) in [5.41, 5.74) is 0. The van der Waals surface area contributed by atoms with Crippen molar-refractivity contribution in [2.45, 2.75) is 45.1 Å². The lowest BCUT2D eigenvalue weighted by atomic mass is 9.95. The van der Waals surface area contributed by atoms with Crippen molar-refractivity contribution in [3.8, 4) is 0 Å². The van der Waals surface area contributed by atoms with Crippen molar-refractivity contribution >= 4 is 5.91 Å². The van der Waals surface area contributed by atoms with Gasteiger partial charge in [-0.15, -0.1) is 10.2 Å². The van der Waals surface area contributed by atoms with Gasteiger partial charge >= 0.3 is 0 Å². The van der Waals surface area contributed by atoms with Crippen molar-refractivity contribution in [1.82, 2.24) is 29.2 Å². The van der Waals surface area contributed by atoms with E-state index in [1.54, 1.807) is 12.5 Å². The minimum absolute atomic E-state index is 0.224. The van der Waals surface area contributed by atoms with E-state index in [1.807, 2.05) is 34.9 Å². The van der Waals surface area contributed by atoms with Gasteiger partial charge in [-0.1, -0.05) is 19.1 Å². The molecule has 1 aliphatic heterocycles. The standard InChI is InChI=1S/C18H26N6O/c1-3-4-5-6-17(25)24-10-7-15(8-11-24)18-21-20-16(22(18)2)13-23-12-9-19-14-23/h4-5,9,12,14-15H,3,6-8,10-11,13H2,1-2H3/b5-4+. The number of carbonyl (C=O) groups excluding carboxylic acids is 1. The van der Waals surface area contributed by atoms with E-state index >= 15 is 0 Å². The molecule has 1 saturated heterocycles. The number of allylic oxidation sites excluding steroid dienone is 1. The van der Waals surface area contributed by atoms with E-state index < -0.39 is 0 Å². The van der Waals surface area contributed by atoms with Gasteiger partial charge in [-0.2, -0.15) is 0 Å². The molecular weight excluding hydrogens is 316 g/mol. The van der Waals surface area contributed by atoms with Crippen LogP contribution >= 0.6 is 0 Å². The van der Waals surface area contributed by atoms with Crippen LogP contribution in [-0.2, 0) is 18.4 Å². The number of rotatable bonds is 6. The molecule has 0 bridgehead atoms. The number of hydrogen-bond donors (Lipinski definition) is 0. The van der Waals surface area contributed by atoms with Crippen molar-refractivity contribution in [2.24, 2.45) is 7.05 Å². The van der Waals surface area contributed by atoms with Crippen molar-refractivity contribution in [1.29, 1.82) is 0 Å². The van der Waals surface area contributed by atoms with E-state index in [9.17, 15) is 4.79 Å². The van der Waals surface area contributed by atoms with Gasteiger partial charge in [-0.25, -0.2) is 4.98 Å². The number of aromatic nitrogens is 5. The molecule has 1 aliphatic rings. The van der Waals surface area contributed by atoms with Crippen LogP contribution in [-0.4, -0.2) is 48.2 Å². The maximum Gasteiger partial charge on any atom is 0.226 e. The van der Waals surface area contributed by atoms with Gasteiger partial charge in [0.25, 0.3) is 0 Å². The normalized spacial score (nSPS) is 16.0. The fourth-order valence-electron chi connectivity index (χ4n) is 3.28. The number of likely N-dealkylation sites (tertiary alicyclic amines) is 1. The molecule has 1 amide bonds. The highest BCUT2D eigenvalue weighted by atomic mass is 16.2. The molecule has 3 rings (SSSR count). The Morgan fingerprint density at radius 2 is 2.08 bits per heavy atom. The van der Waals surface area contributed by atoms with Crippen LogP contribution in [0.15, 0.2) is 30.9 Å². The third kappa shape index (κ3) is 4.15. The second-order valence-electron chi connectivity index (χ2n) is 6.51. The lowest BCUT2D eigenvalue weighted by Crippen LogP contribution is -2.38. The topological polar surface area (TPSA) is 68.8 Å². The number of piperidine rings is 1. The zero-order valence-electron chi connectivity index (χ0n) is 15.0. The van der Waals surface area contributed by atoms with Crippen LogP contribution in [0.2, 0.25) is 0 Å². The van der Waals surface area contributed by atoms with Gasteiger partial charge in [0.15, 0.2) is 5.82 Å². The van der Waals surface area contributed by atoms with E-state index in [0.29, 0.717) is 18.9 Å². The average molecular weight is 342 g/mol. The van der Waals surface area contributed by atoms with Crippen LogP contribution in [0.1, 0.15) is 50.2 Å². The third-order valence-electron chi connectivity index (χ3n) is 4.79. The first-order valence-electron chi connectivity index (χ1n) is 8.95. The molecule has 0 atom stereocenters. The zero-order valence-corrected chi connectivity index (χ0v) is 15.0. The molecule has 0 radical (unpaired) electrons. The highest BCUT2D eigenvalue weighted by molar-refractivity contribution is 5.77. The fourth-order valence-corrected chi connectivity index (χ4v) is 3.28. The number of carbonyl (C=O) groups is 1. The minimum Gasteiger partial charge on any atom is -0.342 e. The first kappa shape index (κ1) is 17.4. The van der Waals surface area contributed by atoms with Crippen LogP contribution in [0.3, 0.4) is 0 Å². The zero-order chi connectivity index (χ0) is 17.6. The van der Waals surface area contributed by atoms with E-state index in [4.69, 9.17) is 0 Å². The summed E-state index contributed by atoms with van der Waals surface area (Å²) in [7, 11) is 2.02. The molecule has 0 unspecified atom stereocenters. The lowest BCUT2D eigenvalue weighted by Gasteiger charge is -2.31. The molecule has 0 aliphatic carbocycles. The molecule has 0 saturated carbocycles. The number of hydrogen-bond acceptors (Lipinski definition) is 4. The largest absolute Gasteiger partial charge is 0.342 e. The molecule has 1 fully saturated rings. The fraction of sp³-hybridized carbons (Fsp3) is 0.556. The second-order valence-corrected chi connectivity index (χ2v) is 6.51. The summed E-state index contributed by atoms with van der Waals surface area (Å²) in [5, 5.41) is 8.76. The van der Waals surface area contributed by atoms with Gasteiger partial charge in [-0.3, -0.25) is 4.79 Å². The van der Waals surface area contributed by atoms with Crippen molar-refractivity contribution < 1.29 is 4.79 Å². The lowest BCUT2D eigenvalue weighted by molar-refractivity contribution is -0.131. The SMILES string of the molecule is CC/C=C/CC(=O)N1CCC(c2nnc(Cn3ccnc3)n2C)CC1. The molecule has 3 heterocycles. The molecule has 134 valence electrons. The predicted molar refractivity (Wildman–Crippen MR) is 94.9 cm³/mol. The Bertz CT molecular complexity index is 710. The van der Waals surface area contributed by atoms with E-state index in [2.05, 4.69) is 26.7 Å². The first-order valence-corrected chi connectivity index (χ1v) is 8.95. The van der Waals surface area contributed by atoms with Gasteiger partial charge in [0.05, 0.1) is 12.9 Å². The molecule has 2 aromatic rings. The smallest absolute Gasteiger partial charge is 0.226 e. The summed E-state index contributed by atoms with van der Waals surface area (Å²) in [6.07, 6.45) is 12.9. The minimum atomic E-state index is 0.224. The summed E-state index contributed by atoms with van der Waals surface area (Å²) < 4.78 is 4.07. The Labute approximate surface area is 148 Å². The maximum absolute atomic E-state index is 12.2. The van der Waals surface area contributed by atoms with Gasteiger partial charge < -0.3 is 14.0 Å². The number of nitrogens with zero attached hydrogens (tertiary/aromatic N) is 6. The summed E-state index contributed by atoms with van der Waals surface area (Å²) in [5.74, 6) is 2.54. The second kappa shape index (κ2) is 8.09. The Morgan fingerprint density at radius 1 is 1.28 bits per heavy atom. The van der Waals surface area contributed by atoms with Gasteiger partial charge in [0.2, 0.25) is 5.91 Å². The summed E-state index contributed by atoms with van der Waals surface area (Å²) in [4.78, 5) is 18.2. The Hall–Kier alpha value is -2.44. The summed E-state index contributed by atoms with van der Waals surface area (Å²) in [6, 6.07) is 0. The average Bonchev–Trinajstić information content (AvgIpc) is 3.26. The monoisotopic (exact) mass is 342 g/mol. The van der Waals surface area contributed by atoms with Crippen LogP contribution in [0, 0.1) is 0 Å². The molecule has 0 spiro atoms. The summed E-state index contributed by atoms with van der Waals surface area (Å²) >= 11 is 0. The molecule has 0 aromatic carbocycles. The van der Waals surface area contributed by atoms with Gasteiger partial charge in [0.1, 0.15) is 5.82 Å². The third-order valence-corrected chi connectivity index (χ3v) is 4.79. The van der Waals surface area contributed by atoms with Crippen molar-refractivity contribution in [2.75, 3.05) is 13.1 Å². The molecule has 2 aromatic heterocycles. The summed E-state index contributed by atoms with van der Waals surface area (Å²) in [6.45, 7) is 4.35. The maximum atomic E-state index is 12.2. The number of amides is 1. The van der Waals surface area contributed by atoms with Crippen LogP contribution in [0.4, 0.5) is 0 Å². The Morgan fingerprint density at radius 3 is 2.76 bits per heavy atom. The Balaban J connectivity index is 1.57. The van der Waals surface area contributed by atoms with Gasteiger partial charge in [0, 0.05) is 44.9 Å². The molecule has 25 heavy (non-hydrogen) atoms. The molecule has 0 N–H and O–H groups in total. The quantitative estimate of drug-likeness (QED) is 0.754. The van der Waals surface area contributed by atoms with Crippen molar-refractivity contribution in [3.63, 3.8) is 0 Å². The van der Waals surface area contributed by atoms with Crippen LogP contribution in [0.25, 0.3) is 0 Å². The van der Waals surface area contributed by atoms with Crippen LogP contribution < -0.4 is 0 Å². The number of imidazole rings is 1. The molecule has 7 nitrogen and oxygen atoms in total. The van der Waals surface area contributed by atoms with E-state index in [1.165, 1.54) is 0 Å². The van der Waals surface area contributed by atoms with E-state index in [0.717, 1.165) is 44.0 Å². The van der Waals surface area contributed by atoms with Crippen LogP contribution in [0.5, 0.6) is 0 Å². The first-order chi connectivity index (χ1) is 12.2. The molecular formula is C18H26N6O.